The number of unbranched alkanes of at least 4 members (excludes halogenated alkanes) is 3. The molecule has 0 aromatic heterocycles. The molecule has 1 atom stereocenters. The van der Waals surface area contributed by atoms with Crippen LogP contribution in [-0.2, 0) is 10.2 Å². The summed E-state index contributed by atoms with van der Waals surface area (Å²) in [6.07, 6.45) is 6.44. The van der Waals surface area contributed by atoms with Gasteiger partial charge in [0, 0.05) is 25.7 Å². The highest BCUT2D eigenvalue weighted by Gasteiger charge is 2.28. The Morgan fingerprint density at radius 3 is 2.67 bits per heavy atom. The van der Waals surface area contributed by atoms with E-state index in [1.165, 1.54) is 12.8 Å². The number of nitrogens with zero attached hydrogens (tertiary/aromatic N) is 1. The van der Waals surface area contributed by atoms with Gasteiger partial charge in [0.05, 0.1) is 0 Å². The van der Waals surface area contributed by atoms with Crippen molar-refractivity contribution < 1.29 is 8.42 Å². The Bertz CT molecular complexity index is 371. The third kappa shape index (κ3) is 7.58. The normalized spacial score (nSPS) is 21.0. The summed E-state index contributed by atoms with van der Waals surface area (Å²) in [6.45, 7) is 9.16. The van der Waals surface area contributed by atoms with Gasteiger partial charge in [0.1, 0.15) is 0 Å². The van der Waals surface area contributed by atoms with Gasteiger partial charge < -0.3 is 5.32 Å². The van der Waals surface area contributed by atoms with E-state index in [2.05, 4.69) is 30.8 Å². The molecule has 1 aliphatic rings. The van der Waals surface area contributed by atoms with Gasteiger partial charge in [-0.05, 0) is 31.7 Å². The van der Waals surface area contributed by atoms with E-state index in [-0.39, 0.29) is 0 Å². The van der Waals surface area contributed by atoms with Crippen LogP contribution in [0.1, 0.15) is 59.3 Å². The average molecular weight is 320 g/mol. The summed E-state index contributed by atoms with van der Waals surface area (Å²) in [5.41, 5.74) is 0. The van der Waals surface area contributed by atoms with Gasteiger partial charge in [-0.3, -0.25) is 0 Å². The largest absolute Gasteiger partial charge is 0.314 e. The first-order chi connectivity index (χ1) is 9.95. The van der Waals surface area contributed by atoms with Crippen molar-refractivity contribution in [3.8, 4) is 0 Å². The number of hydrogen-bond donors (Lipinski definition) is 2. The molecule has 0 saturated carbocycles. The van der Waals surface area contributed by atoms with Gasteiger partial charge in [0.2, 0.25) is 0 Å². The highest BCUT2D eigenvalue weighted by atomic mass is 32.2. The van der Waals surface area contributed by atoms with Gasteiger partial charge in [-0.2, -0.15) is 12.7 Å². The average Bonchev–Trinajstić information content (AvgIpc) is 2.45. The Morgan fingerprint density at radius 2 is 2.00 bits per heavy atom. The maximum atomic E-state index is 12.3. The van der Waals surface area contributed by atoms with Crippen LogP contribution in [0.5, 0.6) is 0 Å². The number of nitrogens with one attached hydrogen (secondary N) is 2. The predicted octanol–water partition coefficient (Wildman–Crippen LogP) is 2.11. The molecule has 1 unspecified atom stereocenters. The first-order valence-corrected chi connectivity index (χ1v) is 9.87. The molecule has 1 saturated heterocycles. The van der Waals surface area contributed by atoms with E-state index < -0.39 is 10.2 Å². The monoisotopic (exact) mass is 319 g/mol. The number of piperidine rings is 1. The van der Waals surface area contributed by atoms with Crippen LogP contribution in [-0.4, -0.2) is 44.9 Å². The smallest absolute Gasteiger partial charge is 0.279 e. The van der Waals surface area contributed by atoms with Crippen molar-refractivity contribution in [3.63, 3.8) is 0 Å². The highest BCUT2D eigenvalue weighted by molar-refractivity contribution is 7.87. The molecule has 1 rings (SSSR count). The van der Waals surface area contributed by atoms with Crippen molar-refractivity contribution in [3.05, 3.63) is 0 Å². The van der Waals surface area contributed by atoms with Crippen molar-refractivity contribution in [2.75, 3.05) is 26.2 Å². The SMILES string of the molecule is CCCCCCNS(=O)(=O)N1CCCC(CNC(C)C)C1. The van der Waals surface area contributed by atoms with Crippen LogP contribution in [0.3, 0.4) is 0 Å². The molecule has 21 heavy (non-hydrogen) atoms. The molecule has 2 N–H and O–H groups in total. The zero-order valence-electron chi connectivity index (χ0n) is 13.9. The molecule has 0 radical (unpaired) electrons. The molecule has 1 fully saturated rings. The third-order valence-corrected chi connectivity index (χ3v) is 5.53. The van der Waals surface area contributed by atoms with Gasteiger partial charge in [0.15, 0.2) is 0 Å². The molecular weight excluding hydrogens is 286 g/mol. The van der Waals surface area contributed by atoms with Crippen LogP contribution in [0.2, 0.25) is 0 Å². The zero-order chi connectivity index (χ0) is 15.7. The molecule has 0 amide bonds. The fraction of sp³-hybridized carbons (Fsp3) is 1.00. The van der Waals surface area contributed by atoms with Gasteiger partial charge in [-0.1, -0.05) is 40.0 Å². The van der Waals surface area contributed by atoms with E-state index in [9.17, 15) is 8.42 Å². The second-order valence-electron chi connectivity index (χ2n) is 6.39. The molecule has 0 aromatic carbocycles. The number of rotatable bonds is 10. The number of hydrogen-bond acceptors (Lipinski definition) is 3. The lowest BCUT2D eigenvalue weighted by Gasteiger charge is -2.32. The summed E-state index contributed by atoms with van der Waals surface area (Å²) >= 11 is 0. The summed E-state index contributed by atoms with van der Waals surface area (Å²) in [5, 5.41) is 3.41. The maximum Gasteiger partial charge on any atom is 0.279 e. The second kappa shape index (κ2) is 9.77. The van der Waals surface area contributed by atoms with E-state index in [1.54, 1.807) is 4.31 Å². The van der Waals surface area contributed by atoms with E-state index >= 15 is 0 Å². The fourth-order valence-electron chi connectivity index (χ4n) is 2.66. The van der Waals surface area contributed by atoms with Gasteiger partial charge in [0.25, 0.3) is 10.2 Å². The highest BCUT2D eigenvalue weighted by Crippen LogP contribution is 2.18. The maximum absolute atomic E-state index is 12.3. The molecule has 1 aliphatic heterocycles. The van der Waals surface area contributed by atoms with E-state index in [1.807, 2.05) is 0 Å². The van der Waals surface area contributed by atoms with E-state index in [4.69, 9.17) is 0 Å². The van der Waals surface area contributed by atoms with Gasteiger partial charge in [-0.25, -0.2) is 4.72 Å². The van der Waals surface area contributed by atoms with Gasteiger partial charge >= 0.3 is 0 Å². The Labute approximate surface area is 131 Å². The van der Waals surface area contributed by atoms with E-state index in [0.29, 0.717) is 31.6 Å². The Morgan fingerprint density at radius 1 is 1.24 bits per heavy atom. The minimum atomic E-state index is -3.29. The molecular formula is C15H33N3O2S. The molecule has 5 nitrogen and oxygen atoms in total. The van der Waals surface area contributed by atoms with Crippen LogP contribution < -0.4 is 10.0 Å². The topological polar surface area (TPSA) is 61.4 Å². The van der Waals surface area contributed by atoms with Crippen LogP contribution in [0.25, 0.3) is 0 Å². The van der Waals surface area contributed by atoms with Crippen molar-refractivity contribution in [2.24, 2.45) is 5.92 Å². The summed E-state index contributed by atoms with van der Waals surface area (Å²) in [4.78, 5) is 0. The Balaban J connectivity index is 2.35. The van der Waals surface area contributed by atoms with E-state index in [0.717, 1.165) is 32.2 Å². The molecule has 0 spiro atoms. The fourth-order valence-corrected chi connectivity index (χ4v) is 4.02. The minimum Gasteiger partial charge on any atom is -0.314 e. The molecule has 126 valence electrons. The molecule has 6 heteroatoms. The summed E-state index contributed by atoms with van der Waals surface area (Å²) in [6, 6.07) is 0.452. The molecule has 0 bridgehead atoms. The Hall–Kier alpha value is -0.170. The van der Waals surface area contributed by atoms with Crippen molar-refractivity contribution in [2.45, 2.75) is 65.3 Å². The van der Waals surface area contributed by atoms with Crippen molar-refractivity contribution in [1.29, 1.82) is 0 Å². The molecule has 0 aromatic rings. The lowest BCUT2D eigenvalue weighted by Crippen LogP contribution is -2.48. The molecule has 0 aliphatic carbocycles. The van der Waals surface area contributed by atoms with Crippen LogP contribution in [0.15, 0.2) is 0 Å². The second-order valence-corrected chi connectivity index (χ2v) is 8.14. The summed E-state index contributed by atoms with van der Waals surface area (Å²) in [7, 11) is -3.29. The van der Waals surface area contributed by atoms with Crippen molar-refractivity contribution in [1.82, 2.24) is 14.3 Å². The van der Waals surface area contributed by atoms with Gasteiger partial charge in [-0.15, -0.1) is 0 Å². The third-order valence-electron chi connectivity index (χ3n) is 3.95. The first-order valence-electron chi connectivity index (χ1n) is 8.43. The lowest BCUT2D eigenvalue weighted by atomic mass is 9.99. The van der Waals surface area contributed by atoms with Crippen LogP contribution in [0.4, 0.5) is 0 Å². The van der Waals surface area contributed by atoms with Crippen molar-refractivity contribution >= 4 is 10.2 Å². The lowest BCUT2D eigenvalue weighted by molar-refractivity contribution is 0.254. The quantitative estimate of drug-likeness (QED) is 0.606. The molecule has 1 heterocycles. The first kappa shape index (κ1) is 18.9. The summed E-state index contributed by atoms with van der Waals surface area (Å²) in [5.74, 6) is 0.429. The predicted molar refractivity (Wildman–Crippen MR) is 88.5 cm³/mol. The Kier molecular flexibility index (Phi) is 8.78. The van der Waals surface area contributed by atoms with Crippen LogP contribution in [0, 0.1) is 5.92 Å². The van der Waals surface area contributed by atoms with Crippen LogP contribution >= 0.6 is 0 Å². The zero-order valence-corrected chi connectivity index (χ0v) is 14.7. The minimum absolute atomic E-state index is 0.429. The standard InChI is InChI=1S/C15H33N3O2S/c1-4-5-6-7-10-17-21(19,20)18-11-8-9-15(13-18)12-16-14(2)3/h14-17H,4-13H2,1-3H3. The summed E-state index contributed by atoms with van der Waals surface area (Å²) < 4.78 is 29.0.